The zero-order chi connectivity index (χ0) is 24.5. The number of hydrogen-bond acceptors (Lipinski definition) is 8. The van der Waals surface area contributed by atoms with Crippen LogP contribution >= 0.6 is 0 Å². The van der Waals surface area contributed by atoms with Gasteiger partial charge >= 0.3 is 6.09 Å². The summed E-state index contributed by atoms with van der Waals surface area (Å²) in [5.41, 5.74) is 0.604. The molecule has 0 radical (unpaired) electrons. The Kier molecular flexibility index (Phi) is 6.27. The minimum atomic E-state index is -0.520. The molecule has 0 spiro atoms. The van der Waals surface area contributed by atoms with Crippen LogP contribution in [0.15, 0.2) is 30.7 Å². The van der Waals surface area contributed by atoms with Gasteiger partial charge in [-0.2, -0.15) is 5.10 Å². The van der Waals surface area contributed by atoms with Gasteiger partial charge in [0.05, 0.1) is 30.6 Å². The summed E-state index contributed by atoms with van der Waals surface area (Å²) in [5.74, 6) is 1.08. The molecular weight excluding hydrogens is 438 g/mol. The van der Waals surface area contributed by atoms with E-state index in [1.807, 2.05) is 38.9 Å². The number of amides is 2. The highest BCUT2D eigenvalue weighted by molar-refractivity contribution is 6.08. The number of benzene rings is 1. The Labute approximate surface area is 197 Å². The number of piperazine rings is 1. The third kappa shape index (κ3) is 5.19. The van der Waals surface area contributed by atoms with E-state index in [2.05, 4.69) is 20.4 Å². The van der Waals surface area contributed by atoms with Gasteiger partial charge < -0.3 is 24.6 Å². The molecule has 4 rings (SSSR count). The molecule has 0 unspecified atom stereocenters. The molecule has 0 bridgehead atoms. The van der Waals surface area contributed by atoms with Gasteiger partial charge in [0.15, 0.2) is 5.82 Å². The molecule has 11 heteroatoms. The van der Waals surface area contributed by atoms with Crippen LogP contribution in [-0.4, -0.2) is 75.5 Å². The molecule has 1 aliphatic rings. The van der Waals surface area contributed by atoms with Crippen LogP contribution in [0.1, 0.15) is 31.1 Å². The number of carbonyl (C=O) groups excluding carboxylic acids is 2. The summed E-state index contributed by atoms with van der Waals surface area (Å²) in [6.45, 7) is 7.85. The van der Waals surface area contributed by atoms with Crippen LogP contribution in [-0.2, 0) is 11.8 Å². The summed E-state index contributed by atoms with van der Waals surface area (Å²) >= 11 is 0. The number of aromatic nitrogens is 4. The Bertz CT molecular complexity index is 1190. The van der Waals surface area contributed by atoms with E-state index < -0.39 is 5.60 Å². The van der Waals surface area contributed by atoms with Gasteiger partial charge in [0.1, 0.15) is 17.2 Å². The Morgan fingerprint density at radius 3 is 2.41 bits per heavy atom. The quantitative estimate of drug-likeness (QED) is 0.623. The summed E-state index contributed by atoms with van der Waals surface area (Å²) < 4.78 is 12.5. The molecule has 3 heterocycles. The number of nitrogens with one attached hydrogen (secondary N) is 1. The van der Waals surface area contributed by atoms with Crippen molar-refractivity contribution in [2.45, 2.75) is 26.4 Å². The number of rotatable bonds is 4. The van der Waals surface area contributed by atoms with Crippen molar-refractivity contribution in [3.63, 3.8) is 0 Å². The Hall–Kier alpha value is -3.89. The molecule has 2 aromatic heterocycles. The smallest absolute Gasteiger partial charge is 0.410 e. The van der Waals surface area contributed by atoms with Crippen molar-refractivity contribution in [3.8, 4) is 5.75 Å². The summed E-state index contributed by atoms with van der Waals surface area (Å²) in [6.07, 6.45) is 4.65. The van der Waals surface area contributed by atoms with Gasteiger partial charge in [-0.15, -0.1) is 0 Å². The van der Waals surface area contributed by atoms with E-state index in [9.17, 15) is 9.59 Å². The van der Waals surface area contributed by atoms with Crippen LogP contribution in [0.3, 0.4) is 0 Å². The normalized spacial score (nSPS) is 14.3. The number of ether oxygens (including phenoxy) is 2. The summed E-state index contributed by atoms with van der Waals surface area (Å²) in [6, 6.07) is 3.47. The van der Waals surface area contributed by atoms with E-state index in [4.69, 9.17) is 9.47 Å². The summed E-state index contributed by atoms with van der Waals surface area (Å²) in [4.78, 5) is 37.6. The largest absolute Gasteiger partial charge is 0.496 e. The van der Waals surface area contributed by atoms with Gasteiger partial charge in [0.2, 0.25) is 0 Å². The number of fused-ring (bicyclic) bond motifs is 1. The number of aryl methyl sites for hydroxylation is 1. The summed E-state index contributed by atoms with van der Waals surface area (Å²) in [7, 11) is 3.33. The highest BCUT2D eigenvalue weighted by Crippen LogP contribution is 2.26. The molecular formula is C23H29N7O4. The zero-order valence-electron chi connectivity index (χ0n) is 20.0. The molecule has 34 heavy (non-hydrogen) atoms. The predicted molar refractivity (Wildman–Crippen MR) is 127 cm³/mol. The number of methoxy groups -OCH3 is 1. The van der Waals surface area contributed by atoms with Crippen LogP contribution in [0.4, 0.5) is 16.4 Å². The maximum atomic E-state index is 12.9. The van der Waals surface area contributed by atoms with Crippen molar-refractivity contribution >= 4 is 34.5 Å². The van der Waals surface area contributed by atoms with Crippen molar-refractivity contribution < 1.29 is 19.1 Å². The maximum absolute atomic E-state index is 12.9. The molecule has 180 valence electrons. The van der Waals surface area contributed by atoms with Crippen molar-refractivity contribution in [2.24, 2.45) is 7.05 Å². The molecule has 1 N–H and O–H groups in total. The van der Waals surface area contributed by atoms with Crippen LogP contribution in [0.5, 0.6) is 5.75 Å². The number of anilines is 2. The Morgan fingerprint density at radius 2 is 1.79 bits per heavy atom. The third-order valence-electron chi connectivity index (χ3n) is 5.32. The molecule has 1 aromatic carbocycles. The number of hydrogen-bond donors (Lipinski definition) is 1. The highest BCUT2D eigenvalue weighted by Gasteiger charge is 2.26. The lowest BCUT2D eigenvalue weighted by Gasteiger charge is -2.36. The van der Waals surface area contributed by atoms with Crippen LogP contribution in [0, 0.1) is 0 Å². The molecule has 1 aliphatic heterocycles. The standard InChI is InChI=1S/C23H29N7O4/c1-23(2,3)34-22(32)30-8-6-29(7-9-30)20-13-24-19(12-25-20)26-21(31)16-10-15-14-28(4)27-17(15)11-18(16)33-5/h10-14H,6-9H2,1-5H3,(H,24,26,31). The van der Waals surface area contributed by atoms with Gasteiger partial charge in [-0.05, 0) is 26.8 Å². The van der Waals surface area contributed by atoms with Gasteiger partial charge in [-0.1, -0.05) is 0 Å². The average molecular weight is 468 g/mol. The lowest BCUT2D eigenvalue weighted by atomic mass is 10.1. The second kappa shape index (κ2) is 9.16. The monoisotopic (exact) mass is 467 g/mol. The molecule has 0 saturated carbocycles. The van der Waals surface area contributed by atoms with Gasteiger partial charge in [-0.25, -0.2) is 14.8 Å². The topological polar surface area (TPSA) is 115 Å². The number of carbonyl (C=O) groups is 2. The van der Waals surface area contributed by atoms with Crippen molar-refractivity contribution in [3.05, 3.63) is 36.3 Å². The van der Waals surface area contributed by atoms with Crippen molar-refractivity contribution in [1.29, 1.82) is 0 Å². The van der Waals surface area contributed by atoms with Gasteiger partial charge in [0, 0.05) is 50.9 Å². The minimum Gasteiger partial charge on any atom is -0.496 e. The SMILES string of the molecule is COc1cc2nn(C)cc2cc1C(=O)Nc1cnc(N2CCN(C(=O)OC(C)(C)C)CC2)cn1. The minimum absolute atomic E-state index is 0.309. The van der Waals surface area contributed by atoms with Gasteiger partial charge in [0.25, 0.3) is 5.91 Å². The third-order valence-corrected chi connectivity index (χ3v) is 5.32. The molecule has 2 amide bonds. The predicted octanol–water partition coefficient (Wildman–Crippen LogP) is 2.68. The first-order chi connectivity index (χ1) is 16.1. The van der Waals surface area contributed by atoms with E-state index in [0.29, 0.717) is 49.1 Å². The fraction of sp³-hybridized carbons (Fsp3) is 0.435. The van der Waals surface area contributed by atoms with Crippen LogP contribution in [0.25, 0.3) is 10.9 Å². The molecule has 3 aromatic rings. The van der Waals surface area contributed by atoms with Crippen LogP contribution in [0.2, 0.25) is 0 Å². The first-order valence-corrected chi connectivity index (χ1v) is 11.0. The van der Waals surface area contributed by atoms with E-state index in [-0.39, 0.29) is 12.0 Å². The van der Waals surface area contributed by atoms with E-state index >= 15 is 0 Å². The lowest BCUT2D eigenvalue weighted by Crippen LogP contribution is -2.50. The summed E-state index contributed by atoms with van der Waals surface area (Å²) in [5, 5.41) is 7.94. The lowest BCUT2D eigenvalue weighted by molar-refractivity contribution is 0.0240. The number of nitrogens with zero attached hydrogens (tertiary/aromatic N) is 6. The second-order valence-corrected chi connectivity index (χ2v) is 9.08. The van der Waals surface area contributed by atoms with Gasteiger partial charge in [-0.3, -0.25) is 9.48 Å². The zero-order valence-corrected chi connectivity index (χ0v) is 20.0. The first-order valence-electron chi connectivity index (χ1n) is 11.0. The Morgan fingerprint density at radius 1 is 1.06 bits per heavy atom. The molecule has 0 atom stereocenters. The fourth-order valence-electron chi connectivity index (χ4n) is 3.70. The molecule has 1 saturated heterocycles. The molecule has 11 nitrogen and oxygen atoms in total. The second-order valence-electron chi connectivity index (χ2n) is 9.08. The fourth-order valence-corrected chi connectivity index (χ4v) is 3.70. The van der Waals surface area contributed by atoms with Crippen LogP contribution < -0.4 is 15.0 Å². The van der Waals surface area contributed by atoms with E-state index in [1.165, 1.54) is 13.3 Å². The van der Waals surface area contributed by atoms with E-state index in [0.717, 1.165) is 10.9 Å². The molecule has 1 fully saturated rings. The van der Waals surface area contributed by atoms with Crippen molar-refractivity contribution in [1.82, 2.24) is 24.6 Å². The van der Waals surface area contributed by atoms with Crippen molar-refractivity contribution in [2.75, 3.05) is 43.5 Å². The first kappa shape index (κ1) is 23.3. The Balaban J connectivity index is 1.39. The maximum Gasteiger partial charge on any atom is 0.410 e. The molecule has 0 aliphatic carbocycles. The highest BCUT2D eigenvalue weighted by atomic mass is 16.6. The average Bonchev–Trinajstić information content (AvgIpc) is 3.16. The van der Waals surface area contributed by atoms with E-state index in [1.54, 1.807) is 27.9 Å².